The van der Waals surface area contributed by atoms with Gasteiger partial charge in [-0.1, -0.05) is 24.3 Å². The lowest BCUT2D eigenvalue weighted by molar-refractivity contribution is -0.112. The molecule has 0 unspecified atom stereocenters. The van der Waals surface area contributed by atoms with Crippen LogP contribution in [0.25, 0.3) is 28.1 Å². The molecule has 3 rings (SSSR count). The molecular formula is C17H14N2O2. The van der Waals surface area contributed by atoms with Crippen molar-refractivity contribution in [1.29, 1.82) is 0 Å². The van der Waals surface area contributed by atoms with Gasteiger partial charge in [0.05, 0.1) is 28.7 Å². The number of allylic oxidation sites excluding steroid dienone is 1. The number of hydrogen-bond donors (Lipinski definition) is 1. The van der Waals surface area contributed by atoms with Gasteiger partial charge in [-0.05, 0) is 31.2 Å². The number of rotatable bonds is 3. The van der Waals surface area contributed by atoms with E-state index in [2.05, 4.69) is 9.97 Å². The van der Waals surface area contributed by atoms with E-state index in [0.717, 1.165) is 27.7 Å². The molecule has 0 aliphatic heterocycles. The van der Waals surface area contributed by atoms with Crippen molar-refractivity contribution in [2.45, 2.75) is 13.5 Å². The molecule has 1 heterocycles. The zero-order chi connectivity index (χ0) is 14.8. The van der Waals surface area contributed by atoms with E-state index in [0.29, 0.717) is 5.52 Å². The second-order valence-corrected chi connectivity index (χ2v) is 4.83. The van der Waals surface area contributed by atoms with Crippen molar-refractivity contribution in [2.24, 2.45) is 0 Å². The summed E-state index contributed by atoms with van der Waals surface area (Å²) in [7, 11) is 0. The fraction of sp³-hybridized carbons (Fsp3) is 0.118. The molecule has 0 fully saturated rings. The van der Waals surface area contributed by atoms with Gasteiger partial charge < -0.3 is 5.11 Å². The van der Waals surface area contributed by atoms with E-state index >= 15 is 0 Å². The molecule has 104 valence electrons. The van der Waals surface area contributed by atoms with Crippen molar-refractivity contribution in [2.75, 3.05) is 0 Å². The Morgan fingerprint density at radius 3 is 2.48 bits per heavy atom. The first kappa shape index (κ1) is 13.4. The lowest BCUT2D eigenvalue weighted by Crippen LogP contribution is -1.94. The average molecular weight is 278 g/mol. The van der Waals surface area contributed by atoms with Gasteiger partial charge in [-0.2, -0.15) is 0 Å². The predicted octanol–water partition coefficient (Wildman–Crippen LogP) is 2.88. The summed E-state index contributed by atoms with van der Waals surface area (Å²) in [5.74, 6) is -0.0108. The zero-order valence-electron chi connectivity index (χ0n) is 11.6. The van der Waals surface area contributed by atoms with E-state index < -0.39 is 0 Å². The molecule has 4 heteroatoms. The molecule has 0 bridgehead atoms. The summed E-state index contributed by atoms with van der Waals surface area (Å²) in [6.45, 7) is 1.44. The van der Waals surface area contributed by atoms with Crippen LogP contribution < -0.4 is 0 Å². The number of aliphatic hydroxyl groups excluding tert-OH is 1. The zero-order valence-corrected chi connectivity index (χ0v) is 11.6. The highest BCUT2D eigenvalue weighted by molar-refractivity contribution is 5.96. The smallest absolute Gasteiger partial charge is 0.152 e. The van der Waals surface area contributed by atoms with Crippen LogP contribution in [0.3, 0.4) is 0 Å². The molecule has 0 radical (unpaired) electrons. The van der Waals surface area contributed by atoms with Gasteiger partial charge in [-0.25, -0.2) is 9.97 Å². The Kier molecular flexibility index (Phi) is 3.46. The standard InChI is InChI=1S/C17H14N2O2/c1-11(21)8-9-12-4-2-6-14-16(12)18-15-7-3-5-13(10-20)17(15)19-14/h2-9,20H,10H2,1H3. The molecule has 0 aliphatic rings. The van der Waals surface area contributed by atoms with E-state index in [1.54, 1.807) is 6.08 Å². The largest absolute Gasteiger partial charge is 0.392 e. The van der Waals surface area contributed by atoms with Crippen molar-refractivity contribution < 1.29 is 9.90 Å². The Hall–Kier alpha value is -2.59. The fourth-order valence-electron chi connectivity index (χ4n) is 2.27. The number of carbonyl (C=O) groups is 1. The maximum Gasteiger partial charge on any atom is 0.152 e. The van der Waals surface area contributed by atoms with E-state index in [4.69, 9.17) is 0 Å². The number of ketones is 1. The summed E-state index contributed by atoms with van der Waals surface area (Å²) >= 11 is 0. The molecule has 0 atom stereocenters. The van der Waals surface area contributed by atoms with E-state index in [1.165, 1.54) is 13.0 Å². The minimum atomic E-state index is -0.0680. The summed E-state index contributed by atoms with van der Waals surface area (Å²) in [6, 6.07) is 11.2. The Morgan fingerprint density at radius 1 is 1.10 bits per heavy atom. The number of hydrogen-bond acceptors (Lipinski definition) is 4. The van der Waals surface area contributed by atoms with Crippen molar-refractivity contribution in [1.82, 2.24) is 9.97 Å². The van der Waals surface area contributed by atoms with Gasteiger partial charge in [-0.3, -0.25) is 4.79 Å². The van der Waals surface area contributed by atoms with Crippen LogP contribution in [0.2, 0.25) is 0 Å². The topological polar surface area (TPSA) is 63.1 Å². The van der Waals surface area contributed by atoms with Gasteiger partial charge >= 0.3 is 0 Å². The summed E-state index contributed by atoms with van der Waals surface area (Å²) in [6.07, 6.45) is 3.27. The second kappa shape index (κ2) is 5.42. The highest BCUT2D eigenvalue weighted by Crippen LogP contribution is 2.22. The van der Waals surface area contributed by atoms with Crippen LogP contribution in [-0.2, 0) is 11.4 Å². The fourth-order valence-corrected chi connectivity index (χ4v) is 2.27. The third-order valence-electron chi connectivity index (χ3n) is 3.28. The van der Waals surface area contributed by atoms with E-state index in [9.17, 15) is 9.90 Å². The molecule has 0 saturated heterocycles. The molecule has 0 spiro atoms. The quantitative estimate of drug-likeness (QED) is 0.591. The number of aromatic nitrogens is 2. The van der Waals surface area contributed by atoms with Crippen LogP contribution in [0.1, 0.15) is 18.1 Å². The van der Waals surface area contributed by atoms with Gasteiger partial charge in [0.15, 0.2) is 5.78 Å². The molecule has 0 saturated carbocycles. The molecule has 21 heavy (non-hydrogen) atoms. The third kappa shape index (κ3) is 2.53. The molecule has 1 aromatic heterocycles. The first-order valence-corrected chi connectivity index (χ1v) is 6.67. The van der Waals surface area contributed by atoms with Gasteiger partial charge in [0.25, 0.3) is 0 Å². The SMILES string of the molecule is CC(=O)C=Cc1cccc2nc3c(CO)cccc3nc12. The number of aliphatic hydroxyl groups is 1. The number of fused-ring (bicyclic) bond motifs is 2. The van der Waals surface area contributed by atoms with E-state index in [-0.39, 0.29) is 12.4 Å². The van der Waals surface area contributed by atoms with Gasteiger partial charge in [0.1, 0.15) is 0 Å². The van der Waals surface area contributed by atoms with Gasteiger partial charge in [0, 0.05) is 11.1 Å². The van der Waals surface area contributed by atoms with Crippen LogP contribution in [0.5, 0.6) is 0 Å². The maximum atomic E-state index is 11.1. The van der Waals surface area contributed by atoms with Crippen molar-refractivity contribution in [3.8, 4) is 0 Å². The summed E-state index contributed by atoms with van der Waals surface area (Å²) in [4.78, 5) is 20.3. The Bertz CT molecular complexity index is 869. The summed E-state index contributed by atoms with van der Waals surface area (Å²) < 4.78 is 0. The molecule has 2 aromatic carbocycles. The molecule has 0 aliphatic carbocycles. The Morgan fingerprint density at radius 2 is 1.76 bits per heavy atom. The van der Waals surface area contributed by atoms with Crippen LogP contribution in [0.15, 0.2) is 42.5 Å². The highest BCUT2D eigenvalue weighted by Gasteiger charge is 2.07. The van der Waals surface area contributed by atoms with Crippen LogP contribution in [0, 0.1) is 0 Å². The van der Waals surface area contributed by atoms with Gasteiger partial charge in [0.2, 0.25) is 0 Å². The molecule has 0 amide bonds. The minimum Gasteiger partial charge on any atom is -0.392 e. The highest BCUT2D eigenvalue weighted by atomic mass is 16.3. The van der Waals surface area contributed by atoms with E-state index in [1.807, 2.05) is 36.4 Å². The van der Waals surface area contributed by atoms with Crippen molar-refractivity contribution in [3.63, 3.8) is 0 Å². The first-order valence-electron chi connectivity index (χ1n) is 6.67. The predicted molar refractivity (Wildman–Crippen MR) is 82.7 cm³/mol. The normalized spacial score (nSPS) is 11.5. The van der Waals surface area contributed by atoms with Crippen molar-refractivity contribution >= 4 is 33.9 Å². The Balaban J connectivity index is 2.30. The maximum absolute atomic E-state index is 11.1. The summed E-state index contributed by atoms with van der Waals surface area (Å²) in [5, 5.41) is 9.39. The first-order chi connectivity index (χ1) is 10.2. The lowest BCUT2D eigenvalue weighted by atomic mass is 10.1. The number of para-hydroxylation sites is 2. The Labute approximate surface area is 121 Å². The molecule has 4 nitrogen and oxygen atoms in total. The average Bonchev–Trinajstić information content (AvgIpc) is 2.50. The molecular weight excluding hydrogens is 264 g/mol. The number of carbonyl (C=O) groups excluding carboxylic acids is 1. The number of nitrogens with zero attached hydrogens (tertiary/aromatic N) is 2. The van der Waals surface area contributed by atoms with Crippen molar-refractivity contribution in [3.05, 3.63) is 53.6 Å². The van der Waals surface area contributed by atoms with Gasteiger partial charge in [-0.15, -0.1) is 0 Å². The second-order valence-electron chi connectivity index (χ2n) is 4.83. The molecule has 1 N–H and O–H groups in total. The van der Waals surface area contributed by atoms with Crippen LogP contribution in [-0.4, -0.2) is 20.9 Å². The summed E-state index contributed by atoms with van der Waals surface area (Å²) in [5.41, 5.74) is 4.54. The third-order valence-corrected chi connectivity index (χ3v) is 3.28. The molecule has 3 aromatic rings. The monoisotopic (exact) mass is 278 g/mol. The number of benzene rings is 2. The van der Waals surface area contributed by atoms with Crippen LogP contribution >= 0.6 is 0 Å². The van der Waals surface area contributed by atoms with Crippen LogP contribution in [0.4, 0.5) is 0 Å². The minimum absolute atomic E-state index is 0.0108. The lowest BCUT2D eigenvalue weighted by Gasteiger charge is -2.06.